The van der Waals surface area contributed by atoms with E-state index in [4.69, 9.17) is 0 Å². The molecule has 10 rings (SSSR count). The van der Waals surface area contributed by atoms with Crippen LogP contribution in [-0.2, 0) is 10.8 Å². The zero-order chi connectivity index (χ0) is 48.2. The van der Waals surface area contributed by atoms with Gasteiger partial charge in [0.2, 0.25) is 0 Å². The lowest BCUT2D eigenvalue weighted by Crippen LogP contribution is -2.52. The number of benzene rings is 7. The highest BCUT2D eigenvalue weighted by Gasteiger charge is 2.54. The number of hydrogen-bond acceptors (Lipinski definition) is 1. The van der Waals surface area contributed by atoms with E-state index in [9.17, 15) is 0 Å². The molecule has 3 aliphatic rings. The van der Waals surface area contributed by atoms with Gasteiger partial charge in [0.15, 0.2) is 0 Å². The number of allylic oxidation sites excluding steroid dienone is 5. The summed E-state index contributed by atoms with van der Waals surface area (Å²) >= 11 is 0. The van der Waals surface area contributed by atoms with Gasteiger partial charge in [0.25, 0.3) is 0 Å². The fourth-order valence-electron chi connectivity index (χ4n) is 13.5. The van der Waals surface area contributed by atoms with E-state index >= 15 is 0 Å². The van der Waals surface area contributed by atoms with E-state index in [1.165, 1.54) is 165 Å². The highest BCUT2D eigenvalue weighted by Crippen LogP contribution is 2.61. The molecule has 7 aromatic carbocycles. The second-order valence-corrected chi connectivity index (χ2v) is 21.5. The first-order valence-corrected chi connectivity index (χ1v) is 24.6. The minimum Gasteiger partial charge on any atom is -0.310 e. The summed E-state index contributed by atoms with van der Waals surface area (Å²) in [6.45, 7) is 9.37. The minimum absolute atomic E-state index is 0.167. The monoisotopic (exact) mass is 844 g/mol. The largest absolute Gasteiger partial charge is 0.310 e. The first-order chi connectivity index (χ1) is 31.6. The molecular formula is C50H53B16N. The molecule has 0 heterocycles. The van der Waals surface area contributed by atoms with Gasteiger partial charge in [0, 0.05) is 22.5 Å². The van der Waals surface area contributed by atoms with Gasteiger partial charge in [-0.3, -0.25) is 0 Å². The van der Waals surface area contributed by atoms with E-state index in [0.717, 1.165) is 11.2 Å². The van der Waals surface area contributed by atoms with Gasteiger partial charge in [0.1, 0.15) is 126 Å². The van der Waals surface area contributed by atoms with Crippen LogP contribution in [0.25, 0.3) is 38.6 Å². The average molecular weight is 841 g/mol. The van der Waals surface area contributed by atoms with E-state index in [1.54, 1.807) is 0 Å². The van der Waals surface area contributed by atoms with Gasteiger partial charge < -0.3 is 4.90 Å². The molecule has 0 saturated heterocycles. The fourth-order valence-corrected chi connectivity index (χ4v) is 13.5. The van der Waals surface area contributed by atoms with Crippen molar-refractivity contribution in [1.82, 2.24) is 0 Å². The summed E-state index contributed by atoms with van der Waals surface area (Å²) in [7, 11) is 37.5. The third kappa shape index (κ3) is 5.91. The van der Waals surface area contributed by atoms with Gasteiger partial charge in [-0.25, -0.2) is 0 Å². The van der Waals surface area contributed by atoms with Crippen molar-refractivity contribution in [2.75, 3.05) is 4.90 Å². The Hall–Kier alpha value is -5.14. The first-order valence-electron chi connectivity index (χ1n) is 24.6. The first kappa shape index (κ1) is 45.6. The van der Waals surface area contributed by atoms with Crippen molar-refractivity contribution in [3.63, 3.8) is 0 Å². The molecule has 0 aromatic heterocycles. The third-order valence-corrected chi connectivity index (χ3v) is 18.3. The molecule has 0 atom stereocenters. The Kier molecular flexibility index (Phi) is 10.5. The Morgan fingerprint density at radius 3 is 1.42 bits per heavy atom. The van der Waals surface area contributed by atoms with Crippen LogP contribution in [0.1, 0.15) is 47.2 Å². The molecule has 0 bridgehead atoms. The van der Waals surface area contributed by atoms with Gasteiger partial charge in [-0.2, -0.15) is 0 Å². The highest BCUT2D eigenvalue weighted by atomic mass is 15.1. The van der Waals surface area contributed by atoms with Crippen LogP contribution in [0, 0.1) is 0 Å². The molecule has 0 unspecified atom stereocenters. The maximum atomic E-state index is 4.49. The zero-order valence-corrected chi connectivity index (χ0v) is 43.7. The Labute approximate surface area is 414 Å². The van der Waals surface area contributed by atoms with Gasteiger partial charge in [-0.1, -0.05) is 100 Å². The van der Waals surface area contributed by atoms with Crippen LogP contribution in [0.15, 0.2) is 107 Å². The van der Waals surface area contributed by atoms with E-state index in [0.29, 0.717) is 0 Å². The minimum atomic E-state index is -0.510. The smallest absolute Gasteiger partial charge is 0.139 e. The number of fused-ring (bicyclic) bond motifs is 11. The van der Waals surface area contributed by atoms with Crippen molar-refractivity contribution in [3.8, 4) is 22.3 Å². The second-order valence-electron chi connectivity index (χ2n) is 21.5. The Morgan fingerprint density at radius 2 is 0.881 bits per heavy atom. The van der Waals surface area contributed by atoms with Crippen molar-refractivity contribution < 1.29 is 0 Å². The topological polar surface area (TPSA) is 3.24 Å². The molecule has 3 aliphatic carbocycles. The number of anilines is 3. The molecule has 0 N–H and O–H groups in total. The Balaban J connectivity index is 1.33. The molecule has 67 heavy (non-hydrogen) atoms. The lowest BCUT2D eigenvalue weighted by molar-refractivity contribution is 0.665. The molecule has 1 spiro atoms. The van der Waals surface area contributed by atoms with Gasteiger partial charge in [-0.15, -0.1) is 50.3 Å². The molecule has 0 aliphatic heterocycles. The molecule has 0 saturated carbocycles. The van der Waals surface area contributed by atoms with Crippen molar-refractivity contribution >= 4 is 225 Å². The highest BCUT2D eigenvalue weighted by molar-refractivity contribution is 6.68. The van der Waals surface area contributed by atoms with Crippen molar-refractivity contribution in [1.29, 1.82) is 0 Å². The molecule has 0 amide bonds. The summed E-state index contributed by atoms with van der Waals surface area (Å²) in [5.74, 6) is 0. The maximum absolute atomic E-state index is 4.49. The molecule has 0 radical (unpaired) electrons. The van der Waals surface area contributed by atoms with E-state index in [-0.39, 0.29) is 5.41 Å². The molecular weight excluding hydrogens is 788 g/mol. The third-order valence-electron chi connectivity index (χ3n) is 18.3. The van der Waals surface area contributed by atoms with Crippen molar-refractivity contribution in [3.05, 3.63) is 141 Å². The maximum Gasteiger partial charge on any atom is 0.139 e. The van der Waals surface area contributed by atoms with Crippen LogP contribution < -0.4 is 70.5 Å². The fraction of sp³-hybridized carbons (Fsp3) is 0.0800. The van der Waals surface area contributed by atoms with Crippen LogP contribution in [0.3, 0.4) is 0 Å². The van der Waals surface area contributed by atoms with Crippen LogP contribution in [-0.4, -0.2) is 126 Å². The van der Waals surface area contributed by atoms with Crippen LogP contribution >= 0.6 is 0 Å². The van der Waals surface area contributed by atoms with E-state index in [1.807, 2.05) is 0 Å². The summed E-state index contributed by atoms with van der Waals surface area (Å²) in [6.07, 6.45) is 0. The van der Waals surface area contributed by atoms with Gasteiger partial charge >= 0.3 is 0 Å². The normalized spacial score (nSPS) is 15.0. The average Bonchev–Trinajstić information content (AvgIpc) is 3.86. The lowest BCUT2D eigenvalue weighted by atomic mass is 9.54. The van der Waals surface area contributed by atoms with Gasteiger partial charge in [-0.05, 0) is 108 Å². The van der Waals surface area contributed by atoms with E-state index in [2.05, 4.69) is 230 Å². The molecule has 306 valence electrons. The Morgan fingerprint density at radius 1 is 0.448 bits per heavy atom. The SMILES string of the molecule is BC(=C)/C(B)=C(/B)C1=C(B)C2(c3cc(N(c4ccc5c(c4)C(C)(C)c4c(B)c(B)c(B)c(B)c4-5)c4ccc5ccccc5c4)ccc31)c1c(B)c(B)c(B)c(B)c1-c1c(B)c(B)c(B)c(B)c12. The molecule has 0 fully saturated rings. The molecule has 17 heteroatoms. The Bertz CT molecular complexity index is 3480. The standard InChI is InChI=1S/C50H53B16N/c1-17(51)34(52)36(54)28-24-13-11-22(16-26(24)50(48(28)66)32-29(37(55)43(61)46(64)40(32)58)30-33(50)41(59)47(65)44(62)38(30)56)67(20-9-8-18-6-4-5-7-19(18)14-20)21-10-12-23-25(15-21)49(2,3)31-27(23)35(53)42(60)45(63)39(31)57/h4-16H,1,51-66H2,2-3H3/b36-34-. The van der Waals surface area contributed by atoms with Crippen LogP contribution in [0.5, 0.6) is 0 Å². The quantitative estimate of drug-likeness (QED) is 0.123. The predicted octanol–water partition coefficient (Wildman–Crippen LogP) is -12.0. The zero-order valence-electron chi connectivity index (χ0n) is 43.7. The molecule has 7 aromatic rings. The number of hydrogen-bond donors (Lipinski definition) is 0. The summed E-state index contributed by atoms with van der Waals surface area (Å²) in [5, 5.41) is 2.48. The van der Waals surface area contributed by atoms with Crippen LogP contribution in [0.4, 0.5) is 17.1 Å². The summed E-state index contributed by atoms with van der Waals surface area (Å²) < 4.78 is 0. The van der Waals surface area contributed by atoms with Crippen molar-refractivity contribution in [2.45, 2.75) is 24.7 Å². The predicted molar refractivity (Wildman–Crippen MR) is 343 cm³/mol. The lowest BCUT2D eigenvalue weighted by Gasteiger charge is -2.37. The van der Waals surface area contributed by atoms with Crippen molar-refractivity contribution in [2.24, 2.45) is 0 Å². The van der Waals surface area contributed by atoms with Crippen LogP contribution in [0.2, 0.25) is 0 Å². The van der Waals surface area contributed by atoms with Gasteiger partial charge in [0.05, 0.1) is 5.41 Å². The second kappa shape index (κ2) is 15.4. The summed E-state index contributed by atoms with van der Waals surface area (Å²) in [4.78, 5) is 2.55. The number of rotatable bonds is 5. The summed E-state index contributed by atoms with van der Waals surface area (Å²) in [6, 6.07) is 30.6. The number of nitrogens with zero attached hydrogens (tertiary/aromatic N) is 1. The van der Waals surface area contributed by atoms with E-state index < -0.39 is 5.41 Å². The summed E-state index contributed by atoms with van der Waals surface area (Å²) in [5.41, 5.74) is 40.3. The molecule has 1 nitrogen and oxygen atoms in total.